The summed E-state index contributed by atoms with van der Waals surface area (Å²) in [5.41, 5.74) is 0. The predicted molar refractivity (Wildman–Crippen MR) is 110 cm³/mol. The van der Waals surface area contributed by atoms with Crippen LogP contribution in [0.1, 0.15) is 46.5 Å². The molecule has 0 spiro atoms. The zero-order valence-electron chi connectivity index (χ0n) is 17.6. The monoisotopic (exact) mass is 381 g/mol. The summed E-state index contributed by atoms with van der Waals surface area (Å²) in [5, 5.41) is 3.42. The van der Waals surface area contributed by atoms with Crippen molar-refractivity contribution in [2.75, 3.05) is 65.6 Å². The summed E-state index contributed by atoms with van der Waals surface area (Å²) >= 11 is 0. The van der Waals surface area contributed by atoms with Crippen LogP contribution in [0.3, 0.4) is 0 Å². The lowest BCUT2D eigenvalue weighted by Crippen LogP contribution is -2.57. The van der Waals surface area contributed by atoms with Crippen molar-refractivity contribution in [1.29, 1.82) is 0 Å². The van der Waals surface area contributed by atoms with E-state index in [4.69, 9.17) is 9.73 Å². The Bertz CT molecular complexity index is 457. The van der Waals surface area contributed by atoms with Crippen molar-refractivity contribution in [3.63, 3.8) is 0 Å². The predicted octanol–water partition coefficient (Wildman–Crippen LogP) is 1.40. The number of amides is 1. The van der Waals surface area contributed by atoms with E-state index in [1.807, 2.05) is 11.8 Å². The Morgan fingerprint density at radius 2 is 1.74 bits per heavy atom. The third-order valence-corrected chi connectivity index (χ3v) is 5.43. The number of ether oxygens (including phenoxy) is 1. The van der Waals surface area contributed by atoms with Crippen molar-refractivity contribution in [1.82, 2.24) is 20.0 Å². The standard InChI is InChI=1S/C20H39N5O2/c1-4-21-20(22-10-6-9-17-27-5-2)25-15-13-23(14-16-25)18(3)19(26)24-11-7-8-12-24/h18H,4-17H2,1-3H3,(H,21,22). The molecule has 1 atom stereocenters. The van der Waals surface area contributed by atoms with Crippen molar-refractivity contribution < 1.29 is 9.53 Å². The number of rotatable bonds is 9. The van der Waals surface area contributed by atoms with Crippen LogP contribution in [0.5, 0.6) is 0 Å². The molecule has 2 saturated heterocycles. The number of hydrogen-bond donors (Lipinski definition) is 1. The van der Waals surface area contributed by atoms with Crippen molar-refractivity contribution in [3.8, 4) is 0 Å². The van der Waals surface area contributed by atoms with Gasteiger partial charge >= 0.3 is 0 Å². The van der Waals surface area contributed by atoms with Crippen molar-refractivity contribution in [2.45, 2.75) is 52.5 Å². The molecule has 7 heteroatoms. The van der Waals surface area contributed by atoms with E-state index in [1.54, 1.807) is 0 Å². The van der Waals surface area contributed by atoms with Crippen LogP contribution in [0.4, 0.5) is 0 Å². The number of nitrogens with zero attached hydrogens (tertiary/aromatic N) is 4. The van der Waals surface area contributed by atoms with E-state index >= 15 is 0 Å². The first-order valence-corrected chi connectivity index (χ1v) is 10.8. The molecule has 156 valence electrons. The van der Waals surface area contributed by atoms with E-state index in [1.165, 1.54) is 0 Å². The first-order chi connectivity index (χ1) is 13.2. The fourth-order valence-corrected chi connectivity index (χ4v) is 3.75. The lowest BCUT2D eigenvalue weighted by Gasteiger charge is -2.39. The molecule has 0 radical (unpaired) electrons. The minimum absolute atomic E-state index is 0.0108. The highest BCUT2D eigenvalue weighted by molar-refractivity contribution is 5.82. The Kier molecular flexibility index (Phi) is 9.91. The van der Waals surface area contributed by atoms with Crippen LogP contribution in [0.2, 0.25) is 0 Å². The highest BCUT2D eigenvalue weighted by Crippen LogP contribution is 2.14. The third kappa shape index (κ3) is 6.96. The molecule has 1 unspecified atom stereocenters. The summed E-state index contributed by atoms with van der Waals surface area (Å²) in [6, 6.07) is -0.0108. The molecule has 2 heterocycles. The lowest BCUT2D eigenvalue weighted by molar-refractivity contribution is -0.135. The molecule has 2 aliphatic heterocycles. The van der Waals surface area contributed by atoms with Crippen LogP contribution in [0.25, 0.3) is 0 Å². The van der Waals surface area contributed by atoms with E-state index in [0.29, 0.717) is 5.91 Å². The zero-order valence-corrected chi connectivity index (χ0v) is 17.6. The smallest absolute Gasteiger partial charge is 0.239 e. The average molecular weight is 382 g/mol. The maximum atomic E-state index is 12.6. The molecule has 1 N–H and O–H groups in total. The third-order valence-electron chi connectivity index (χ3n) is 5.43. The summed E-state index contributed by atoms with van der Waals surface area (Å²) in [4.78, 5) is 24.1. The highest BCUT2D eigenvalue weighted by Gasteiger charge is 2.30. The minimum Gasteiger partial charge on any atom is -0.382 e. The number of nitrogens with one attached hydrogen (secondary N) is 1. The Labute approximate surface area is 165 Å². The quantitative estimate of drug-likeness (QED) is 0.372. The van der Waals surface area contributed by atoms with E-state index in [-0.39, 0.29) is 6.04 Å². The number of carbonyl (C=O) groups is 1. The second kappa shape index (κ2) is 12.2. The Hall–Kier alpha value is -1.34. The van der Waals surface area contributed by atoms with Crippen molar-refractivity contribution in [3.05, 3.63) is 0 Å². The molecule has 1 amide bonds. The molecule has 2 rings (SSSR count). The van der Waals surface area contributed by atoms with Crippen LogP contribution >= 0.6 is 0 Å². The summed E-state index contributed by atoms with van der Waals surface area (Å²) in [5.74, 6) is 1.31. The van der Waals surface area contributed by atoms with E-state index in [2.05, 4.69) is 29.0 Å². The van der Waals surface area contributed by atoms with Gasteiger partial charge in [0.15, 0.2) is 5.96 Å². The van der Waals surface area contributed by atoms with E-state index in [9.17, 15) is 4.79 Å². The molecule has 0 aromatic heterocycles. The number of carbonyl (C=O) groups excluding carboxylic acids is 1. The Balaban J connectivity index is 1.77. The van der Waals surface area contributed by atoms with Gasteiger partial charge in [-0.3, -0.25) is 14.7 Å². The van der Waals surface area contributed by atoms with Gasteiger partial charge in [0.25, 0.3) is 0 Å². The SMILES string of the molecule is CCNC(=NCCCCOCC)N1CCN(C(C)C(=O)N2CCCC2)CC1. The van der Waals surface area contributed by atoms with E-state index < -0.39 is 0 Å². The first kappa shape index (κ1) is 22.0. The number of aliphatic imine (C=N–C) groups is 1. The zero-order chi connectivity index (χ0) is 19.5. The van der Waals surface area contributed by atoms with Crippen molar-refractivity contribution in [2.24, 2.45) is 4.99 Å². The summed E-state index contributed by atoms with van der Waals surface area (Å²) in [6.07, 6.45) is 4.41. The molecule has 0 aromatic rings. The number of piperazine rings is 1. The van der Waals surface area contributed by atoms with Gasteiger partial charge in [-0.15, -0.1) is 0 Å². The van der Waals surface area contributed by atoms with Crippen LogP contribution < -0.4 is 5.32 Å². The molecule has 0 saturated carbocycles. The van der Waals surface area contributed by atoms with Gasteiger partial charge in [-0.25, -0.2) is 0 Å². The molecule has 2 fully saturated rings. The number of hydrogen-bond acceptors (Lipinski definition) is 4. The van der Waals surface area contributed by atoms with Gasteiger partial charge in [0.2, 0.25) is 5.91 Å². The van der Waals surface area contributed by atoms with Crippen LogP contribution in [-0.4, -0.2) is 98.2 Å². The second-order valence-electron chi connectivity index (χ2n) is 7.37. The normalized spacial score (nSPS) is 20.2. The molecule has 7 nitrogen and oxygen atoms in total. The fourth-order valence-electron chi connectivity index (χ4n) is 3.75. The highest BCUT2D eigenvalue weighted by atomic mass is 16.5. The second-order valence-corrected chi connectivity index (χ2v) is 7.37. The van der Waals surface area contributed by atoms with Gasteiger partial charge in [0, 0.05) is 65.6 Å². The molecule has 0 aliphatic carbocycles. The minimum atomic E-state index is -0.0108. The summed E-state index contributed by atoms with van der Waals surface area (Å²) in [7, 11) is 0. The molecular formula is C20H39N5O2. The van der Waals surface area contributed by atoms with Gasteiger partial charge in [-0.05, 0) is 46.5 Å². The van der Waals surface area contributed by atoms with Crippen LogP contribution in [0.15, 0.2) is 4.99 Å². The number of unbranched alkanes of at least 4 members (excludes halogenated alkanes) is 1. The number of guanidine groups is 1. The largest absolute Gasteiger partial charge is 0.382 e. The van der Waals surface area contributed by atoms with Crippen LogP contribution in [-0.2, 0) is 9.53 Å². The Morgan fingerprint density at radius 3 is 2.37 bits per heavy atom. The summed E-state index contributed by atoms with van der Waals surface area (Å²) < 4.78 is 5.38. The fraction of sp³-hybridized carbons (Fsp3) is 0.900. The molecular weight excluding hydrogens is 342 g/mol. The molecule has 0 aromatic carbocycles. The maximum absolute atomic E-state index is 12.6. The van der Waals surface area contributed by atoms with Crippen LogP contribution in [0, 0.1) is 0 Å². The van der Waals surface area contributed by atoms with E-state index in [0.717, 1.165) is 97.2 Å². The van der Waals surface area contributed by atoms with Crippen molar-refractivity contribution >= 4 is 11.9 Å². The number of likely N-dealkylation sites (tertiary alicyclic amines) is 1. The topological polar surface area (TPSA) is 60.4 Å². The van der Waals surface area contributed by atoms with Gasteiger partial charge in [-0.1, -0.05) is 0 Å². The molecule has 27 heavy (non-hydrogen) atoms. The van der Waals surface area contributed by atoms with Gasteiger partial charge in [-0.2, -0.15) is 0 Å². The Morgan fingerprint density at radius 1 is 1.04 bits per heavy atom. The lowest BCUT2D eigenvalue weighted by atomic mass is 10.2. The molecule has 2 aliphatic rings. The maximum Gasteiger partial charge on any atom is 0.239 e. The first-order valence-electron chi connectivity index (χ1n) is 10.8. The summed E-state index contributed by atoms with van der Waals surface area (Å²) in [6.45, 7) is 15.1. The van der Waals surface area contributed by atoms with Gasteiger partial charge in [0.1, 0.15) is 0 Å². The van der Waals surface area contributed by atoms with Gasteiger partial charge in [0.05, 0.1) is 6.04 Å². The molecule has 0 bridgehead atoms. The average Bonchev–Trinajstić information content (AvgIpc) is 3.23. The van der Waals surface area contributed by atoms with Gasteiger partial charge < -0.3 is 19.9 Å².